The van der Waals surface area contributed by atoms with Crippen molar-refractivity contribution in [1.29, 1.82) is 0 Å². The zero-order valence-electron chi connectivity index (χ0n) is 28.3. The third-order valence-corrected chi connectivity index (χ3v) is 8.44. The number of hydrogen-bond donors (Lipinski definition) is 3. The van der Waals surface area contributed by atoms with E-state index in [1.54, 1.807) is 42.3 Å². The quantitative estimate of drug-likeness (QED) is 0.251. The van der Waals surface area contributed by atoms with Gasteiger partial charge in [-0.15, -0.1) is 0 Å². The van der Waals surface area contributed by atoms with Gasteiger partial charge in [0.2, 0.25) is 0 Å². The van der Waals surface area contributed by atoms with Gasteiger partial charge >= 0.3 is 6.03 Å². The lowest BCUT2D eigenvalue weighted by Crippen LogP contribution is -2.47. The zero-order valence-corrected chi connectivity index (χ0v) is 28.3. The predicted molar refractivity (Wildman–Crippen MR) is 185 cm³/mol. The van der Waals surface area contributed by atoms with Crippen molar-refractivity contribution in [3.05, 3.63) is 83.9 Å². The molecule has 10 heteroatoms. The molecule has 3 N–H and O–H groups in total. The summed E-state index contributed by atoms with van der Waals surface area (Å²) < 4.78 is 18.1. The van der Waals surface area contributed by atoms with Gasteiger partial charge in [0, 0.05) is 43.5 Å². The third-order valence-electron chi connectivity index (χ3n) is 8.44. The molecule has 1 heterocycles. The van der Waals surface area contributed by atoms with Gasteiger partial charge in [0.05, 0.1) is 37.5 Å². The van der Waals surface area contributed by atoms with Gasteiger partial charge in [-0.2, -0.15) is 0 Å². The van der Waals surface area contributed by atoms with Gasteiger partial charge in [-0.3, -0.25) is 9.69 Å². The molecule has 3 aromatic carbocycles. The van der Waals surface area contributed by atoms with Crippen molar-refractivity contribution in [2.45, 2.75) is 64.8 Å². The summed E-state index contributed by atoms with van der Waals surface area (Å²) in [6.07, 6.45) is 2.32. The van der Waals surface area contributed by atoms with Gasteiger partial charge < -0.3 is 34.9 Å². The molecule has 0 bridgehead atoms. The number of rotatable bonds is 9. The maximum Gasteiger partial charge on any atom is 0.323 e. The van der Waals surface area contributed by atoms with Gasteiger partial charge in [0.15, 0.2) is 0 Å². The Labute approximate surface area is 279 Å². The summed E-state index contributed by atoms with van der Waals surface area (Å²) in [7, 11) is 3.73. The Morgan fingerprint density at radius 2 is 1.77 bits per heavy atom. The number of nitrogens with one attached hydrogen (secondary N) is 2. The fourth-order valence-electron chi connectivity index (χ4n) is 5.69. The van der Waals surface area contributed by atoms with Crippen LogP contribution in [-0.2, 0) is 11.3 Å². The minimum Gasteiger partial charge on any atom is -0.497 e. The molecule has 0 saturated carbocycles. The Balaban J connectivity index is 1.57. The summed E-state index contributed by atoms with van der Waals surface area (Å²) in [5.41, 5.74) is 2.60. The van der Waals surface area contributed by atoms with E-state index in [-0.39, 0.29) is 30.6 Å². The van der Waals surface area contributed by atoms with Crippen LogP contribution in [-0.4, -0.2) is 85.6 Å². The minimum absolute atomic E-state index is 0.0459. The molecule has 0 unspecified atom stereocenters. The molecule has 254 valence electrons. The third kappa shape index (κ3) is 10.7. The first-order chi connectivity index (χ1) is 22.7. The molecule has 1 aliphatic rings. The number of anilines is 2. The fraction of sp³-hybridized carbons (Fsp3) is 0.459. The molecule has 1 aliphatic heterocycles. The maximum absolute atomic E-state index is 14.4. The maximum atomic E-state index is 14.4. The van der Waals surface area contributed by atoms with Crippen LogP contribution in [0.3, 0.4) is 0 Å². The van der Waals surface area contributed by atoms with Crippen LogP contribution in [0.25, 0.3) is 0 Å². The molecule has 0 saturated heterocycles. The molecular formula is C37H50N4O6. The molecule has 3 aromatic rings. The average molecular weight is 647 g/mol. The van der Waals surface area contributed by atoms with Gasteiger partial charge in [0.25, 0.3) is 5.91 Å². The van der Waals surface area contributed by atoms with Gasteiger partial charge in [-0.05, 0) is 88.2 Å². The molecule has 0 radical (unpaired) electrons. The standard InChI is InChI=1S/C37H50N4O6/c1-26-22-41(27(2)25-42)36(43)33-21-31(39-37(44)38-30-12-7-6-8-13-30)16-19-34(33)47-28(3)11-9-10-20-46-35(26)24-40(4)23-29-14-17-32(45-5)18-15-29/h6-8,12-19,21,26-28,35,42H,9-11,20,22-25H2,1-5H3,(H2,38,39,44)/t26-,27-,28-,35+/m0/s1. The van der Waals surface area contributed by atoms with Crippen LogP contribution in [0, 0.1) is 5.92 Å². The number of ether oxygens (including phenoxy) is 3. The lowest BCUT2D eigenvalue weighted by molar-refractivity contribution is -0.0177. The van der Waals surface area contributed by atoms with E-state index in [1.165, 1.54) is 5.56 Å². The molecule has 0 aromatic heterocycles. The molecule has 4 atom stereocenters. The van der Waals surface area contributed by atoms with E-state index < -0.39 is 12.1 Å². The first-order valence-corrected chi connectivity index (χ1v) is 16.5. The highest BCUT2D eigenvalue weighted by Gasteiger charge is 2.30. The van der Waals surface area contributed by atoms with Gasteiger partial charge in [-0.25, -0.2) is 4.79 Å². The average Bonchev–Trinajstić information content (AvgIpc) is 3.06. The molecule has 47 heavy (non-hydrogen) atoms. The smallest absolute Gasteiger partial charge is 0.323 e. The van der Waals surface area contributed by atoms with Crippen LogP contribution in [0.4, 0.5) is 16.2 Å². The number of aliphatic hydroxyl groups is 1. The van der Waals surface area contributed by atoms with Crippen molar-refractivity contribution >= 4 is 23.3 Å². The monoisotopic (exact) mass is 646 g/mol. The minimum atomic E-state index is -0.459. The highest BCUT2D eigenvalue weighted by Crippen LogP contribution is 2.29. The van der Waals surface area contributed by atoms with E-state index >= 15 is 0 Å². The molecule has 4 rings (SSSR count). The Kier molecular flexibility index (Phi) is 13.5. The lowest BCUT2D eigenvalue weighted by atomic mass is 10.0. The number of urea groups is 1. The number of aliphatic hydroxyl groups excluding tert-OH is 1. The molecular weight excluding hydrogens is 596 g/mol. The SMILES string of the molecule is COc1ccc(CN(C)C[C@H]2OCCCC[C@H](C)Oc3ccc(NC(=O)Nc4ccccc4)cc3C(=O)N([C@@H](C)CO)C[C@@H]2C)cc1. The number of para-hydroxylation sites is 1. The summed E-state index contributed by atoms with van der Waals surface area (Å²) in [5, 5.41) is 15.9. The van der Waals surface area contributed by atoms with E-state index in [9.17, 15) is 14.7 Å². The van der Waals surface area contributed by atoms with Gasteiger partial charge in [0.1, 0.15) is 11.5 Å². The van der Waals surface area contributed by atoms with Crippen LogP contribution in [0.1, 0.15) is 56.0 Å². The Morgan fingerprint density at radius 3 is 2.47 bits per heavy atom. The highest BCUT2D eigenvalue weighted by atomic mass is 16.5. The number of amides is 3. The molecule has 0 fully saturated rings. The molecule has 10 nitrogen and oxygen atoms in total. The number of likely N-dealkylation sites (N-methyl/N-ethyl adjacent to an activating group) is 1. The van der Waals surface area contributed by atoms with E-state index in [1.807, 2.05) is 44.2 Å². The van der Waals surface area contributed by atoms with Crippen LogP contribution >= 0.6 is 0 Å². The number of nitrogens with zero attached hydrogens (tertiary/aromatic N) is 2. The fourth-order valence-corrected chi connectivity index (χ4v) is 5.69. The highest BCUT2D eigenvalue weighted by molar-refractivity contribution is 6.02. The molecule has 3 amide bonds. The van der Waals surface area contributed by atoms with E-state index in [0.717, 1.165) is 31.6 Å². The topological polar surface area (TPSA) is 113 Å². The van der Waals surface area contributed by atoms with Crippen LogP contribution in [0.2, 0.25) is 0 Å². The van der Waals surface area contributed by atoms with Crippen LogP contribution in [0.15, 0.2) is 72.8 Å². The summed E-state index contributed by atoms with van der Waals surface area (Å²) in [6.45, 7) is 8.09. The summed E-state index contributed by atoms with van der Waals surface area (Å²) in [5.74, 6) is 0.941. The number of carbonyl (C=O) groups is 2. The molecule has 0 aliphatic carbocycles. The summed E-state index contributed by atoms with van der Waals surface area (Å²) in [6, 6.07) is 21.4. The Morgan fingerprint density at radius 1 is 1.04 bits per heavy atom. The number of fused-ring (bicyclic) bond motifs is 1. The Hall–Kier alpha value is -4.12. The largest absolute Gasteiger partial charge is 0.497 e. The van der Waals surface area contributed by atoms with Crippen LogP contribution in [0.5, 0.6) is 11.5 Å². The van der Waals surface area contributed by atoms with Crippen molar-refractivity contribution in [3.63, 3.8) is 0 Å². The van der Waals surface area contributed by atoms with Gasteiger partial charge in [-0.1, -0.05) is 37.3 Å². The first-order valence-electron chi connectivity index (χ1n) is 16.5. The van der Waals surface area contributed by atoms with E-state index in [0.29, 0.717) is 42.4 Å². The lowest BCUT2D eigenvalue weighted by Gasteiger charge is -2.36. The number of carbonyl (C=O) groups excluding carboxylic acids is 2. The number of methoxy groups -OCH3 is 1. The number of hydrogen-bond acceptors (Lipinski definition) is 7. The number of benzene rings is 3. The zero-order chi connectivity index (χ0) is 33.8. The van der Waals surface area contributed by atoms with Crippen molar-refractivity contribution in [2.75, 3.05) is 51.1 Å². The van der Waals surface area contributed by atoms with E-state index in [4.69, 9.17) is 14.2 Å². The first kappa shape index (κ1) is 35.7. The van der Waals surface area contributed by atoms with Crippen molar-refractivity contribution < 1.29 is 28.9 Å². The predicted octanol–water partition coefficient (Wildman–Crippen LogP) is 6.27. The second-order valence-electron chi connectivity index (χ2n) is 12.5. The van der Waals surface area contributed by atoms with Crippen molar-refractivity contribution in [1.82, 2.24) is 9.80 Å². The van der Waals surface area contributed by atoms with Crippen molar-refractivity contribution in [3.8, 4) is 11.5 Å². The molecule has 0 spiro atoms. The summed E-state index contributed by atoms with van der Waals surface area (Å²) in [4.78, 5) is 31.1. The second kappa shape index (κ2) is 17.7. The normalized spacial score (nSPS) is 20.0. The van der Waals surface area contributed by atoms with E-state index in [2.05, 4.69) is 41.6 Å². The summed E-state index contributed by atoms with van der Waals surface area (Å²) >= 11 is 0. The van der Waals surface area contributed by atoms with Crippen molar-refractivity contribution in [2.24, 2.45) is 5.92 Å². The Bertz CT molecular complexity index is 1420. The second-order valence-corrected chi connectivity index (χ2v) is 12.5. The van der Waals surface area contributed by atoms with Crippen LogP contribution < -0.4 is 20.1 Å².